The molecule has 8 heavy (non-hydrogen) atoms. The molecule has 1 saturated heterocycles. The molecule has 0 radical (unpaired) electrons. The van der Waals surface area contributed by atoms with Crippen molar-refractivity contribution in [3.8, 4) is 0 Å². The van der Waals surface area contributed by atoms with Crippen LogP contribution in [-0.4, -0.2) is 23.7 Å². The van der Waals surface area contributed by atoms with Crippen molar-refractivity contribution >= 4 is 0 Å². The first-order chi connectivity index (χ1) is 3.70. The number of ether oxygens (including phenoxy) is 1. The Morgan fingerprint density at radius 3 is 2.25 bits per heavy atom. The van der Waals surface area contributed by atoms with E-state index < -0.39 is 6.29 Å². The van der Waals surface area contributed by atoms with Crippen LogP contribution in [0.5, 0.6) is 0 Å². The van der Waals surface area contributed by atoms with E-state index in [4.69, 9.17) is 9.84 Å². The maximum Gasteiger partial charge on any atom is 0.171 e. The number of hydrogen-bond acceptors (Lipinski definition) is 3. The van der Waals surface area contributed by atoms with E-state index in [0.29, 0.717) is 0 Å². The van der Waals surface area contributed by atoms with Gasteiger partial charge in [0.25, 0.3) is 0 Å². The first-order valence-electron chi connectivity index (χ1n) is 2.79. The molecule has 3 nitrogen and oxygen atoms in total. The summed E-state index contributed by atoms with van der Waals surface area (Å²) in [6.07, 6.45) is -0.620. The van der Waals surface area contributed by atoms with Gasteiger partial charge < -0.3 is 9.84 Å². The van der Waals surface area contributed by atoms with Crippen molar-refractivity contribution in [1.82, 2.24) is 5.32 Å². The Hall–Kier alpha value is -0.120. The van der Waals surface area contributed by atoms with Gasteiger partial charge in [-0.25, -0.2) is 0 Å². The smallest absolute Gasteiger partial charge is 0.171 e. The summed E-state index contributed by atoms with van der Waals surface area (Å²) >= 11 is 0. The van der Waals surface area contributed by atoms with E-state index in [-0.39, 0.29) is 12.3 Å². The van der Waals surface area contributed by atoms with E-state index in [1.807, 2.05) is 13.8 Å². The predicted octanol–water partition coefficient (Wildman–Crippen LogP) is -0.341. The second kappa shape index (κ2) is 2.01. The van der Waals surface area contributed by atoms with Crippen molar-refractivity contribution in [2.75, 3.05) is 0 Å². The molecule has 1 fully saturated rings. The fourth-order valence-electron chi connectivity index (χ4n) is 0.819. The molecule has 3 heteroatoms. The van der Waals surface area contributed by atoms with E-state index in [0.717, 1.165) is 0 Å². The van der Waals surface area contributed by atoms with Crippen molar-refractivity contribution in [2.45, 2.75) is 32.4 Å². The fourth-order valence-corrected chi connectivity index (χ4v) is 0.819. The van der Waals surface area contributed by atoms with Crippen molar-refractivity contribution < 1.29 is 9.84 Å². The van der Waals surface area contributed by atoms with E-state index in [9.17, 15) is 0 Å². The Morgan fingerprint density at radius 1 is 1.50 bits per heavy atom. The molecule has 1 heterocycles. The van der Waals surface area contributed by atoms with Crippen molar-refractivity contribution in [1.29, 1.82) is 0 Å². The molecule has 0 spiro atoms. The molecule has 1 aliphatic rings. The maximum atomic E-state index is 8.88. The second-order valence-electron chi connectivity index (χ2n) is 2.12. The molecule has 3 unspecified atom stereocenters. The Labute approximate surface area is 48.7 Å². The third-order valence-electron chi connectivity index (χ3n) is 1.27. The molecule has 1 rings (SSSR count). The van der Waals surface area contributed by atoms with E-state index >= 15 is 0 Å². The summed E-state index contributed by atoms with van der Waals surface area (Å²) in [5.41, 5.74) is 0. The van der Waals surface area contributed by atoms with Gasteiger partial charge in [0.15, 0.2) is 6.29 Å². The molecular formula is C5H11NO2. The normalized spacial score (nSPS) is 47.6. The van der Waals surface area contributed by atoms with Crippen LogP contribution in [0, 0.1) is 0 Å². The first kappa shape index (κ1) is 6.01. The summed E-state index contributed by atoms with van der Waals surface area (Å²) in [5, 5.41) is 11.9. The lowest BCUT2D eigenvalue weighted by molar-refractivity contribution is -0.0901. The third-order valence-corrected chi connectivity index (χ3v) is 1.27. The molecule has 0 aromatic carbocycles. The summed E-state index contributed by atoms with van der Waals surface area (Å²) in [6, 6.07) is 0.0741. The Bertz CT molecular complexity index is 76.5. The standard InChI is InChI=1S/C5H11NO2/c1-3-5(7)8-4(2)6-3/h3-7H,1-2H3. The average Bonchev–Trinajstić information content (AvgIpc) is 1.85. The van der Waals surface area contributed by atoms with Gasteiger partial charge in [0, 0.05) is 0 Å². The largest absolute Gasteiger partial charge is 0.367 e. The molecule has 2 N–H and O–H groups in total. The molecule has 0 saturated carbocycles. The van der Waals surface area contributed by atoms with E-state index in [2.05, 4.69) is 5.32 Å². The summed E-state index contributed by atoms with van der Waals surface area (Å²) in [5.74, 6) is 0. The molecule has 0 amide bonds. The molecule has 0 bridgehead atoms. The maximum absolute atomic E-state index is 8.88. The van der Waals surface area contributed by atoms with Gasteiger partial charge in [-0.2, -0.15) is 0 Å². The highest BCUT2D eigenvalue weighted by Gasteiger charge is 2.25. The molecule has 0 aromatic heterocycles. The first-order valence-corrected chi connectivity index (χ1v) is 2.79. The van der Waals surface area contributed by atoms with Gasteiger partial charge in [-0.1, -0.05) is 0 Å². The summed E-state index contributed by atoms with van der Waals surface area (Å²) < 4.78 is 4.92. The zero-order chi connectivity index (χ0) is 6.15. The van der Waals surface area contributed by atoms with Crippen LogP contribution >= 0.6 is 0 Å². The molecule has 1 aliphatic heterocycles. The Morgan fingerprint density at radius 2 is 2.12 bits per heavy atom. The SMILES string of the molecule is CC1NC(C)C(O)O1. The number of aliphatic hydroxyl groups excluding tert-OH is 1. The summed E-state index contributed by atoms with van der Waals surface area (Å²) in [7, 11) is 0. The quantitative estimate of drug-likeness (QED) is 0.456. The van der Waals surface area contributed by atoms with Crippen LogP contribution in [0.4, 0.5) is 0 Å². The van der Waals surface area contributed by atoms with Gasteiger partial charge >= 0.3 is 0 Å². The van der Waals surface area contributed by atoms with Gasteiger partial charge in [0.2, 0.25) is 0 Å². The van der Waals surface area contributed by atoms with Crippen LogP contribution in [0.15, 0.2) is 0 Å². The van der Waals surface area contributed by atoms with Gasteiger partial charge in [-0.05, 0) is 13.8 Å². The highest BCUT2D eigenvalue weighted by Crippen LogP contribution is 2.07. The van der Waals surface area contributed by atoms with Crippen LogP contribution in [0.1, 0.15) is 13.8 Å². The van der Waals surface area contributed by atoms with Gasteiger partial charge in [0.05, 0.1) is 6.04 Å². The minimum atomic E-state index is -0.620. The van der Waals surface area contributed by atoms with Crippen LogP contribution in [-0.2, 0) is 4.74 Å². The number of nitrogens with one attached hydrogen (secondary N) is 1. The minimum Gasteiger partial charge on any atom is -0.367 e. The van der Waals surface area contributed by atoms with E-state index in [1.165, 1.54) is 0 Å². The van der Waals surface area contributed by atoms with Crippen LogP contribution in [0.2, 0.25) is 0 Å². The van der Waals surface area contributed by atoms with Crippen molar-refractivity contribution in [2.24, 2.45) is 0 Å². The fraction of sp³-hybridized carbons (Fsp3) is 1.00. The monoisotopic (exact) mass is 117 g/mol. The average molecular weight is 117 g/mol. The lowest BCUT2D eigenvalue weighted by atomic mass is 10.3. The molecular weight excluding hydrogens is 106 g/mol. The molecule has 48 valence electrons. The number of aliphatic hydroxyl groups is 1. The van der Waals surface area contributed by atoms with Gasteiger partial charge in [-0.15, -0.1) is 0 Å². The lowest BCUT2D eigenvalue weighted by Gasteiger charge is -2.02. The van der Waals surface area contributed by atoms with Crippen LogP contribution in [0.25, 0.3) is 0 Å². The molecule has 3 atom stereocenters. The number of hydrogen-bond donors (Lipinski definition) is 2. The van der Waals surface area contributed by atoms with E-state index in [1.54, 1.807) is 0 Å². The molecule has 0 aliphatic carbocycles. The highest BCUT2D eigenvalue weighted by molar-refractivity contribution is 4.71. The van der Waals surface area contributed by atoms with Gasteiger partial charge in [0.1, 0.15) is 6.23 Å². The summed E-state index contributed by atoms with van der Waals surface area (Å²) in [6.45, 7) is 3.75. The topological polar surface area (TPSA) is 41.5 Å². The van der Waals surface area contributed by atoms with Crippen LogP contribution < -0.4 is 5.32 Å². The second-order valence-corrected chi connectivity index (χ2v) is 2.12. The third kappa shape index (κ3) is 0.992. The number of rotatable bonds is 0. The highest BCUT2D eigenvalue weighted by atomic mass is 16.6. The van der Waals surface area contributed by atoms with Crippen molar-refractivity contribution in [3.63, 3.8) is 0 Å². The predicted molar refractivity (Wildman–Crippen MR) is 29.2 cm³/mol. The van der Waals surface area contributed by atoms with Gasteiger partial charge in [-0.3, -0.25) is 5.32 Å². The minimum absolute atomic E-state index is 0.000000000000000222. The zero-order valence-electron chi connectivity index (χ0n) is 5.09. The lowest BCUT2D eigenvalue weighted by Crippen LogP contribution is -2.28. The summed E-state index contributed by atoms with van der Waals surface area (Å²) in [4.78, 5) is 0. The molecule has 0 aromatic rings. The van der Waals surface area contributed by atoms with Crippen LogP contribution in [0.3, 0.4) is 0 Å². The Balaban J connectivity index is 2.39. The zero-order valence-corrected chi connectivity index (χ0v) is 5.09. The van der Waals surface area contributed by atoms with Crippen molar-refractivity contribution in [3.05, 3.63) is 0 Å². The Kier molecular flexibility index (Phi) is 1.51.